The number of benzene rings is 2. The number of aryl methyl sites for hydroxylation is 3. The molecular formula is C21H22N2OS. The van der Waals surface area contributed by atoms with Gasteiger partial charge in [-0.1, -0.05) is 35.5 Å². The number of ether oxygens (including phenoxy) is 1. The van der Waals surface area contributed by atoms with Gasteiger partial charge in [0, 0.05) is 17.0 Å². The van der Waals surface area contributed by atoms with Gasteiger partial charge in [0.25, 0.3) is 0 Å². The fourth-order valence-electron chi connectivity index (χ4n) is 3.44. The highest BCUT2D eigenvalue weighted by molar-refractivity contribution is 8.17. The smallest absolute Gasteiger partial charge is 0.166 e. The fourth-order valence-corrected chi connectivity index (χ4v) is 4.30. The topological polar surface area (TPSA) is 33.6 Å². The number of hydrogen-bond acceptors (Lipinski definition) is 4. The molecule has 0 saturated heterocycles. The van der Waals surface area contributed by atoms with Gasteiger partial charge >= 0.3 is 0 Å². The van der Waals surface area contributed by atoms with Gasteiger partial charge in [-0.2, -0.15) is 0 Å². The molecule has 0 unspecified atom stereocenters. The van der Waals surface area contributed by atoms with E-state index in [-0.39, 0.29) is 0 Å². The van der Waals surface area contributed by atoms with E-state index in [9.17, 15) is 0 Å². The van der Waals surface area contributed by atoms with Crippen molar-refractivity contribution in [2.24, 2.45) is 4.99 Å². The summed E-state index contributed by atoms with van der Waals surface area (Å²) >= 11 is 1.72. The molecule has 0 radical (unpaired) electrons. The summed E-state index contributed by atoms with van der Waals surface area (Å²) < 4.78 is 5.58. The summed E-state index contributed by atoms with van der Waals surface area (Å²) in [5, 5.41) is 4.49. The number of anilines is 1. The molecule has 3 nitrogen and oxygen atoms in total. The molecular weight excluding hydrogens is 328 g/mol. The Kier molecular flexibility index (Phi) is 4.30. The Bertz CT molecular complexity index is 876. The SMILES string of the molecule is Cc1cc(C)c(NC2=NCC(=Cc3ccc4c(c3)CCO4)S2)c(C)c1. The van der Waals surface area contributed by atoms with Crippen LogP contribution in [0.25, 0.3) is 6.08 Å². The second-order valence-corrected chi connectivity index (χ2v) is 7.81. The third-order valence-corrected chi connectivity index (χ3v) is 5.49. The molecule has 0 saturated carbocycles. The van der Waals surface area contributed by atoms with Crippen LogP contribution in [0.2, 0.25) is 0 Å². The first kappa shape index (κ1) is 16.3. The largest absolute Gasteiger partial charge is 0.493 e. The molecule has 128 valence electrons. The van der Waals surface area contributed by atoms with Crippen molar-refractivity contribution in [3.63, 3.8) is 0 Å². The lowest BCUT2D eigenvalue weighted by Crippen LogP contribution is -2.08. The van der Waals surface area contributed by atoms with Gasteiger partial charge in [0.15, 0.2) is 5.17 Å². The zero-order valence-corrected chi connectivity index (χ0v) is 15.7. The van der Waals surface area contributed by atoms with E-state index in [1.807, 2.05) is 0 Å². The first-order valence-electron chi connectivity index (χ1n) is 8.62. The molecule has 4 heteroatoms. The minimum Gasteiger partial charge on any atom is -0.493 e. The van der Waals surface area contributed by atoms with E-state index >= 15 is 0 Å². The van der Waals surface area contributed by atoms with Crippen LogP contribution >= 0.6 is 11.8 Å². The first-order chi connectivity index (χ1) is 12.1. The Hall–Kier alpha value is -2.20. The highest BCUT2D eigenvalue weighted by Crippen LogP contribution is 2.32. The molecule has 0 aliphatic carbocycles. The molecule has 2 aromatic rings. The summed E-state index contributed by atoms with van der Waals surface area (Å²) in [4.78, 5) is 5.93. The number of fused-ring (bicyclic) bond motifs is 1. The predicted molar refractivity (Wildman–Crippen MR) is 108 cm³/mol. The standard InChI is InChI=1S/C21H22N2OS/c1-13-8-14(2)20(15(3)9-13)23-21-22-12-18(25-21)11-16-4-5-19-17(10-16)6-7-24-19/h4-5,8-11H,6-7,12H2,1-3H3,(H,22,23). The van der Waals surface area contributed by atoms with Crippen molar-refractivity contribution < 1.29 is 4.74 Å². The van der Waals surface area contributed by atoms with Crippen molar-refractivity contribution in [2.45, 2.75) is 27.2 Å². The number of aliphatic imine (C=N–C) groups is 1. The molecule has 1 N–H and O–H groups in total. The number of thioether (sulfide) groups is 1. The van der Waals surface area contributed by atoms with Gasteiger partial charge in [-0.15, -0.1) is 0 Å². The number of nitrogens with one attached hydrogen (secondary N) is 1. The number of rotatable bonds is 2. The van der Waals surface area contributed by atoms with Gasteiger partial charge in [0.05, 0.1) is 13.2 Å². The Morgan fingerprint density at radius 3 is 2.72 bits per heavy atom. The Morgan fingerprint density at radius 1 is 1.12 bits per heavy atom. The van der Waals surface area contributed by atoms with Crippen molar-refractivity contribution >= 4 is 28.7 Å². The van der Waals surface area contributed by atoms with E-state index in [2.05, 4.69) is 67.5 Å². The molecule has 0 atom stereocenters. The summed E-state index contributed by atoms with van der Waals surface area (Å²) in [6, 6.07) is 10.8. The average molecular weight is 350 g/mol. The first-order valence-corrected chi connectivity index (χ1v) is 9.43. The molecule has 0 amide bonds. The quantitative estimate of drug-likeness (QED) is 0.818. The van der Waals surface area contributed by atoms with Crippen LogP contribution in [-0.4, -0.2) is 18.3 Å². The van der Waals surface area contributed by atoms with Crippen LogP contribution in [-0.2, 0) is 6.42 Å². The van der Waals surface area contributed by atoms with E-state index in [1.165, 1.54) is 38.4 Å². The molecule has 25 heavy (non-hydrogen) atoms. The summed E-state index contributed by atoms with van der Waals surface area (Å²) in [5.41, 5.74) is 7.53. The minimum atomic E-state index is 0.741. The van der Waals surface area contributed by atoms with Crippen molar-refractivity contribution in [1.82, 2.24) is 0 Å². The molecule has 4 rings (SSSR count). The number of hydrogen-bond donors (Lipinski definition) is 1. The maximum Gasteiger partial charge on any atom is 0.166 e. The highest BCUT2D eigenvalue weighted by atomic mass is 32.2. The molecule has 0 bridgehead atoms. The maximum atomic E-state index is 5.58. The Morgan fingerprint density at radius 2 is 1.92 bits per heavy atom. The molecule has 2 aliphatic rings. The second-order valence-electron chi connectivity index (χ2n) is 6.70. The highest BCUT2D eigenvalue weighted by Gasteiger charge is 2.16. The second kappa shape index (κ2) is 6.60. The summed E-state index contributed by atoms with van der Waals surface area (Å²) in [6.45, 7) is 7.97. The van der Waals surface area contributed by atoms with Gasteiger partial charge in [-0.25, -0.2) is 0 Å². The van der Waals surface area contributed by atoms with Crippen LogP contribution in [0.1, 0.15) is 27.8 Å². The number of nitrogens with zero attached hydrogens (tertiary/aromatic N) is 1. The molecule has 2 aliphatic heterocycles. The van der Waals surface area contributed by atoms with Gasteiger partial charge in [-0.05, 0) is 61.2 Å². The average Bonchev–Trinajstić information content (AvgIpc) is 3.19. The van der Waals surface area contributed by atoms with Crippen molar-refractivity contribution in [2.75, 3.05) is 18.5 Å². The lowest BCUT2D eigenvalue weighted by Gasteiger charge is -2.13. The van der Waals surface area contributed by atoms with Crippen LogP contribution in [0.3, 0.4) is 0 Å². The minimum absolute atomic E-state index is 0.741. The molecule has 0 fully saturated rings. The molecule has 0 aromatic heterocycles. The van der Waals surface area contributed by atoms with Crippen LogP contribution in [0.4, 0.5) is 5.69 Å². The molecule has 2 heterocycles. The zero-order valence-electron chi connectivity index (χ0n) is 14.8. The normalized spacial score (nSPS) is 17.4. The van der Waals surface area contributed by atoms with Gasteiger partial charge in [0.1, 0.15) is 5.75 Å². The van der Waals surface area contributed by atoms with Crippen LogP contribution in [0.5, 0.6) is 5.75 Å². The third kappa shape index (κ3) is 3.45. The third-order valence-electron chi connectivity index (χ3n) is 4.56. The molecule has 2 aromatic carbocycles. The summed E-state index contributed by atoms with van der Waals surface area (Å²) in [7, 11) is 0. The van der Waals surface area contributed by atoms with Gasteiger partial charge in [-0.3, -0.25) is 4.99 Å². The van der Waals surface area contributed by atoms with E-state index in [1.54, 1.807) is 11.8 Å². The Balaban J connectivity index is 1.48. The summed E-state index contributed by atoms with van der Waals surface area (Å²) in [6.07, 6.45) is 3.24. The van der Waals surface area contributed by atoms with Gasteiger partial charge in [0.2, 0.25) is 0 Å². The fraction of sp³-hybridized carbons (Fsp3) is 0.286. The van der Waals surface area contributed by atoms with E-state index in [0.717, 1.165) is 30.5 Å². The van der Waals surface area contributed by atoms with E-state index in [4.69, 9.17) is 4.74 Å². The lowest BCUT2D eigenvalue weighted by atomic mass is 10.1. The van der Waals surface area contributed by atoms with Crippen molar-refractivity contribution in [3.8, 4) is 5.75 Å². The van der Waals surface area contributed by atoms with E-state index in [0.29, 0.717) is 0 Å². The Labute approximate surface area is 153 Å². The maximum absolute atomic E-state index is 5.58. The summed E-state index contributed by atoms with van der Waals surface area (Å²) in [5.74, 6) is 1.03. The lowest BCUT2D eigenvalue weighted by molar-refractivity contribution is 0.357. The van der Waals surface area contributed by atoms with Crippen molar-refractivity contribution in [1.29, 1.82) is 0 Å². The van der Waals surface area contributed by atoms with Crippen LogP contribution < -0.4 is 10.1 Å². The zero-order chi connectivity index (χ0) is 17.4. The number of amidine groups is 1. The van der Waals surface area contributed by atoms with Crippen molar-refractivity contribution in [3.05, 3.63) is 63.1 Å². The van der Waals surface area contributed by atoms with Crippen LogP contribution in [0.15, 0.2) is 40.2 Å². The monoisotopic (exact) mass is 350 g/mol. The van der Waals surface area contributed by atoms with E-state index < -0.39 is 0 Å². The van der Waals surface area contributed by atoms with Gasteiger partial charge < -0.3 is 10.1 Å². The van der Waals surface area contributed by atoms with Crippen LogP contribution in [0, 0.1) is 20.8 Å². The predicted octanol–water partition coefficient (Wildman–Crippen LogP) is 5.10. The molecule has 0 spiro atoms.